The Morgan fingerprint density at radius 2 is 2.11 bits per heavy atom. The molecule has 0 radical (unpaired) electrons. The predicted octanol–water partition coefficient (Wildman–Crippen LogP) is 2.64. The van der Waals surface area contributed by atoms with E-state index < -0.39 is 18.0 Å². The maximum Gasteiger partial charge on any atom is 0.332 e. The van der Waals surface area contributed by atoms with Crippen molar-refractivity contribution < 1.29 is 19.4 Å². The number of amides is 1. The van der Waals surface area contributed by atoms with Gasteiger partial charge in [0, 0.05) is 8.95 Å². The summed E-state index contributed by atoms with van der Waals surface area (Å²) in [5.41, 5.74) is 0.592. The molecular formula is C11H11Br2NO4. The Balaban J connectivity index is 2.52. The SMILES string of the molecule is C[C@H](OCC(=O)Nc1ccc(Br)cc1Br)C(=O)O. The third-order valence-corrected chi connectivity index (χ3v) is 3.17. The molecule has 18 heavy (non-hydrogen) atoms. The molecule has 1 aromatic carbocycles. The van der Waals surface area contributed by atoms with E-state index in [0.29, 0.717) is 5.69 Å². The van der Waals surface area contributed by atoms with Crippen molar-refractivity contribution in [1.82, 2.24) is 0 Å². The highest BCUT2D eigenvalue weighted by molar-refractivity contribution is 9.11. The molecule has 0 unspecified atom stereocenters. The van der Waals surface area contributed by atoms with Gasteiger partial charge < -0.3 is 15.2 Å². The normalized spacial score (nSPS) is 11.9. The Hall–Kier alpha value is -0.920. The van der Waals surface area contributed by atoms with Crippen molar-refractivity contribution in [3.63, 3.8) is 0 Å². The number of carbonyl (C=O) groups is 2. The number of hydrogen-bond acceptors (Lipinski definition) is 3. The summed E-state index contributed by atoms with van der Waals surface area (Å²) in [4.78, 5) is 22.0. The second kappa shape index (κ2) is 6.86. The second-order valence-corrected chi connectivity index (χ2v) is 5.23. The first-order valence-electron chi connectivity index (χ1n) is 4.99. The van der Waals surface area contributed by atoms with Crippen molar-refractivity contribution in [2.45, 2.75) is 13.0 Å². The van der Waals surface area contributed by atoms with Crippen LogP contribution in [0.2, 0.25) is 0 Å². The Labute approximate surface area is 121 Å². The largest absolute Gasteiger partial charge is 0.479 e. The highest BCUT2D eigenvalue weighted by atomic mass is 79.9. The molecule has 0 heterocycles. The zero-order valence-electron chi connectivity index (χ0n) is 9.44. The van der Waals surface area contributed by atoms with Gasteiger partial charge in [0.15, 0.2) is 6.10 Å². The fourth-order valence-corrected chi connectivity index (χ4v) is 2.20. The van der Waals surface area contributed by atoms with E-state index in [9.17, 15) is 9.59 Å². The first-order chi connectivity index (χ1) is 8.40. The maximum absolute atomic E-state index is 11.5. The van der Waals surface area contributed by atoms with E-state index >= 15 is 0 Å². The molecule has 5 nitrogen and oxygen atoms in total. The molecule has 0 fully saturated rings. The molecule has 1 rings (SSSR count). The monoisotopic (exact) mass is 379 g/mol. The molecular weight excluding hydrogens is 370 g/mol. The zero-order chi connectivity index (χ0) is 13.7. The number of carboxylic acids is 1. The summed E-state index contributed by atoms with van der Waals surface area (Å²) in [6.07, 6.45) is -1.01. The summed E-state index contributed by atoms with van der Waals surface area (Å²) >= 11 is 6.59. The molecule has 98 valence electrons. The molecule has 0 saturated heterocycles. The van der Waals surface area contributed by atoms with Gasteiger partial charge in [0.05, 0.1) is 5.69 Å². The van der Waals surface area contributed by atoms with Gasteiger partial charge in [-0.3, -0.25) is 4.79 Å². The lowest BCUT2D eigenvalue weighted by Gasteiger charge is -2.10. The lowest BCUT2D eigenvalue weighted by molar-refractivity contribution is -0.150. The number of rotatable bonds is 5. The van der Waals surface area contributed by atoms with Gasteiger partial charge in [-0.2, -0.15) is 0 Å². The zero-order valence-corrected chi connectivity index (χ0v) is 12.6. The van der Waals surface area contributed by atoms with Crippen LogP contribution in [-0.4, -0.2) is 29.7 Å². The van der Waals surface area contributed by atoms with Crippen LogP contribution in [0.3, 0.4) is 0 Å². The first kappa shape index (κ1) is 15.1. The number of hydrogen-bond donors (Lipinski definition) is 2. The molecule has 0 aliphatic carbocycles. The van der Waals surface area contributed by atoms with Crippen LogP contribution in [0, 0.1) is 0 Å². The number of nitrogens with one attached hydrogen (secondary N) is 1. The molecule has 7 heteroatoms. The third kappa shape index (κ3) is 4.75. The van der Waals surface area contributed by atoms with Crippen molar-refractivity contribution in [3.05, 3.63) is 27.1 Å². The number of aliphatic carboxylic acids is 1. The van der Waals surface area contributed by atoms with E-state index in [4.69, 9.17) is 9.84 Å². The molecule has 0 aliphatic rings. The standard InChI is InChI=1S/C11H11Br2NO4/c1-6(11(16)17)18-5-10(15)14-9-3-2-7(12)4-8(9)13/h2-4,6H,5H2,1H3,(H,14,15)(H,16,17)/t6-/m0/s1. The Morgan fingerprint density at radius 1 is 1.44 bits per heavy atom. The summed E-state index contributed by atoms with van der Waals surface area (Å²) in [6.45, 7) is 1.06. The van der Waals surface area contributed by atoms with Crippen LogP contribution < -0.4 is 5.32 Å². The first-order valence-corrected chi connectivity index (χ1v) is 6.58. The number of anilines is 1. The molecule has 0 spiro atoms. The van der Waals surface area contributed by atoms with Crippen LogP contribution >= 0.6 is 31.9 Å². The van der Waals surface area contributed by atoms with Crippen LogP contribution in [-0.2, 0) is 14.3 Å². The van der Waals surface area contributed by atoms with Crippen LogP contribution in [0.5, 0.6) is 0 Å². The van der Waals surface area contributed by atoms with Crippen molar-refractivity contribution in [3.8, 4) is 0 Å². The summed E-state index contributed by atoms with van der Waals surface area (Å²) in [7, 11) is 0. The van der Waals surface area contributed by atoms with Crippen LogP contribution in [0.25, 0.3) is 0 Å². The number of halogens is 2. The molecule has 0 aromatic heterocycles. The molecule has 1 amide bonds. The van der Waals surface area contributed by atoms with Gasteiger partial charge >= 0.3 is 5.97 Å². The minimum absolute atomic E-state index is 0.310. The summed E-state index contributed by atoms with van der Waals surface area (Å²) in [5.74, 6) is -1.52. The fourth-order valence-electron chi connectivity index (χ4n) is 1.05. The van der Waals surface area contributed by atoms with Gasteiger partial charge in [-0.05, 0) is 41.1 Å². The summed E-state index contributed by atoms with van der Waals surface area (Å²) < 4.78 is 6.46. The molecule has 1 aromatic rings. The minimum atomic E-state index is -1.10. The topological polar surface area (TPSA) is 75.6 Å². The highest BCUT2D eigenvalue weighted by Crippen LogP contribution is 2.25. The van der Waals surface area contributed by atoms with E-state index in [1.165, 1.54) is 6.92 Å². The van der Waals surface area contributed by atoms with Gasteiger partial charge in [-0.15, -0.1) is 0 Å². The van der Waals surface area contributed by atoms with Crippen LogP contribution in [0.4, 0.5) is 5.69 Å². The van der Waals surface area contributed by atoms with E-state index in [-0.39, 0.29) is 6.61 Å². The van der Waals surface area contributed by atoms with E-state index in [0.717, 1.165) is 8.95 Å². The van der Waals surface area contributed by atoms with Gasteiger partial charge in [0.25, 0.3) is 0 Å². The number of benzene rings is 1. The number of ether oxygens (including phenoxy) is 1. The van der Waals surface area contributed by atoms with Gasteiger partial charge in [-0.1, -0.05) is 15.9 Å². The number of carboxylic acid groups (broad SMARTS) is 1. The van der Waals surface area contributed by atoms with Crippen LogP contribution in [0.15, 0.2) is 27.1 Å². The average Bonchev–Trinajstić information content (AvgIpc) is 2.29. The smallest absolute Gasteiger partial charge is 0.332 e. The molecule has 2 N–H and O–H groups in total. The summed E-state index contributed by atoms with van der Waals surface area (Å²) in [6, 6.07) is 5.28. The van der Waals surface area contributed by atoms with Crippen LogP contribution in [0.1, 0.15) is 6.92 Å². The predicted molar refractivity (Wildman–Crippen MR) is 73.5 cm³/mol. The molecule has 0 aliphatic heterocycles. The molecule has 1 atom stereocenters. The average molecular weight is 381 g/mol. The Morgan fingerprint density at radius 3 is 2.67 bits per heavy atom. The Kier molecular flexibility index (Phi) is 5.77. The van der Waals surface area contributed by atoms with Crippen molar-refractivity contribution in [2.24, 2.45) is 0 Å². The van der Waals surface area contributed by atoms with Crippen molar-refractivity contribution >= 4 is 49.4 Å². The second-order valence-electron chi connectivity index (χ2n) is 3.46. The van der Waals surface area contributed by atoms with Gasteiger partial charge in [-0.25, -0.2) is 4.79 Å². The van der Waals surface area contributed by atoms with E-state index in [1.54, 1.807) is 18.2 Å². The van der Waals surface area contributed by atoms with Crippen molar-refractivity contribution in [2.75, 3.05) is 11.9 Å². The lowest BCUT2D eigenvalue weighted by atomic mass is 10.3. The Bertz CT molecular complexity index is 464. The van der Waals surface area contributed by atoms with Crippen molar-refractivity contribution in [1.29, 1.82) is 0 Å². The third-order valence-electron chi connectivity index (χ3n) is 2.02. The van der Waals surface area contributed by atoms with Gasteiger partial charge in [0.2, 0.25) is 5.91 Å². The fraction of sp³-hybridized carbons (Fsp3) is 0.273. The van der Waals surface area contributed by atoms with E-state index in [1.807, 2.05) is 0 Å². The minimum Gasteiger partial charge on any atom is -0.479 e. The highest BCUT2D eigenvalue weighted by Gasteiger charge is 2.13. The van der Waals surface area contributed by atoms with Gasteiger partial charge in [0.1, 0.15) is 6.61 Å². The van der Waals surface area contributed by atoms with E-state index in [2.05, 4.69) is 37.2 Å². The summed E-state index contributed by atoms with van der Waals surface area (Å²) in [5, 5.41) is 11.2. The lowest BCUT2D eigenvalue weighted by Crippen LogP contribution is -2.26. The molecule has 0 bridgehead atoms. The molecule has 0 saturated carbocycles. The number of carbonyl (C=O) groups excluding carboxylic acids is 1. The maximum atomic E-state index is 11.5. The quantitative estimate of drug-likeness (QED) is 0.823.